The molecule has 1 aliphatic carbocycles. The first-order valence-corrected chi connectivity index (χ1v) is 8.36. The Kier molecular flexibility index (Phi) is 8.96. The Hall–Kier alpha value is -2.78. The average Bonchev–Trinajstić information content (AvgIpc) is 2.59. The van der Waals surface area contributed by atoms with Crippen molar-refractivity contribution in [3.63, 3.8) is 0 Å². The van der Waals surface area contributed by atoms with Crippen LogP contribution in [0.2, 0.25) is 0 Å². The van der Waals surface area contributed by atoms with Crippen LogP contribution in [0.3, 0.4) is 0 Å². The molecule has 0 radical (unpaired) electrons. The molecule has 0 aliphatic heterocycles. The Morgan fingerprint density at radius 1 is 1.35 bits per heavy atom. The molecule has 0 aromatic carbocycles. The standard InChI is InChI=1S/C22H23ClO3/c1-5-18(10-12-19-9-7-6-8-16(19)2)11-13-20(14-17(3)23)21(15-26-4)22(24)25/h5-16H,1,3H2,2,4H3,(H,24,25)/b13-11+,18-10+,19-12-,20-14-,21-15-. The molecule has 1 N–H and O–H groups in total. The summed E-state index contributed by atoms with van der Waals surface area (Å²) >= 11 is 5.83. The van der Waals surface area contributed by atoms with Crippen LogP contribution in [0.5, 0.6) is 0 Å². The highest BCUT2D eigenvalue weighted by atomic mass is 35.5. The summed E-state index contributed by atoms with van der Waals surface area (Å²) in [6.45, 7) is 9.50. The van der Waals surface area contributed by atoms with Crippen molar-refractivity contribution in [2.75, 3.05) is 7.11 Å². The van der Waals surface area contributed by atoms with Gasteiger partial charge in [0.2, 0.25) is 0 Å². The fraction of sp³-hybridized carbons (Fsp3) is 0.136. The quantitative estimate of drug-likeness (QED) is 0.342. The third-order valence-electron chi connectivity index (χ3n) is 3.57. The fourth-order valence-electron chi connectivity index (χ4n) is 2.18. The largest absolute Gasteiger partial charge is 0.503 e. The molecule has 0 aromatic rings. The first-order valence-electron chi connectivity index (χ1n) is 7.99. The molecule has 0 heterocycles. The topological polar surface area (TPSA) is 46.5 Å². The van der Waals surface area contributed by atoms with Crippen molar-refractivity contribution in [3.05, 3.63) is 108 Å². The molecule has 0 aromatic heterocycles. The lowest BCUT2D eigenvalue weighted by Gasteiger charge is -2.10. The van der Waals surface area contributed by atoms with Crippen LogP contribution >= 0.6 is 11.6 Å². The molecule has 4 heteroatoms. The number of allylic oxidation sites excluding steroid dienone is 13. The van der Waals surface area contributed by atoms with E-state index in [1.54, 1.807) is 18.2 Å². The van der Waals surface area contributed by atoms with Crippen molar-refractivity contribution < 1.29 is 14.6 Å². The van der Waals surface area contributed by atoms with E-state index in [1.807, 2.05) is 24.3 Å². The Balaban J connectivity index is 3.17. The SMILES string of the molecule is C=CC(/C=C/C(=C/C(=C)Cl)C(=C/OC)/C(=O)O)=C\C=C1\C=CC=CC1C. The van der Waals surface area contributed by atoms with Crippen molar-refractivity contribution in [2.45, 2.75) is 6.92 Å². The first-order chi connectivity index (χ1) is 12.4. The predicted octanol–water partition coefficient (Wildman–Crippen LogP) is 5.64. The van der Waals surface area contributed by atoms with Gasteiger partial charge in [0.1, 0.15) is 5.57 Å². The third-order valence-corrected chi connectivity index (χ3v) is 3.68. The van der Waals surface area contributed by atoms with Crippen LogP contribution in [-0.2, 0) is 9.53 Å². The minimum absolute atomic E-state index is 0.0266. The van der Waals surface area contributed by atoms with Gasteiger partial charge in [0.25, 0.3) is 0 Å². The van der Waals surface area contributed by atoms with Crippen LogP contribution in [-0.4, -0.2) is 18.2 Å². The molecule has 3 nitrogen and oxygen atoms in total. The lowest BCUT2D eigenvalue weighted by molar-refractivity contribution is -0.132. The van der Waals surface area contributed by atoms with Crippen molar-refractivity contribution in [3.8, 4) is 0 Å². The van der Waals surface area contributed by atoms with E-state index in [0.717, 1.165) is 11.8 Å². The highest BCUT2D eigenvalue weighted by Gasteiger charge is 2.12. The molecule has 1 unspecified atom stereocenters. The van der Waals surface area contributed by atoms with Crippen LogP contribution < -0.4 is 0 Å². The van der Waals surface area contributed by atoms with E-state index < -0.39 is 5.97 Å². The van der Waals surface area contributed by atoms with E-state index in [9.17, 15) is 9.90 Å². The molecule has 136 valence electrons. The van der Waals surface area contributed by atoms with Gasteiger partial charge in [-0.05, 0) is 28.7 Å². The Bertz CT molecular complexity index is 771. The zero-order valence-electron chi connectivity index (χ0n) is 15.0. The molecular weight excluding hydrogens is 348 g/mol. The van der Waals surface area contributed by atoms with E-state index in [4.69, 9.17) is 16.3 Å². The summed E-state index contributed by atoms with van der Waals surface area (Å²) in [6, 6.07) is 0. The molecule has 0 bridgehead atoms. The number of aliphatic carboxylic acids is 1. The summed E-state index contributed by atoms with van der Waals surface area (Å²) < 4.78 is 4.85. The maximum atomic E-state index is 11.4. The summed E-state index contributed by atoms with van der Waals surface area (Å²) in [5.74, 6) is -0.788. The molecule has 0 spiro atoms. The van der Waals surface area contributed by atoms with E-state index in [-0.39, 0.29) is 10.6 Å². The van der Waals surface area contributed by atoms with E-state index >= 15 is 0 Å². The van der Waals surface area contributed by atoms with Crippen molar-refractivity contribution in [2.24, 2.45) is 5.92 Å². The lowest BCUT2D eigenvalue weighted by Crippen LogP contribution is -2.03. The van der Waals surface area contributed by atoms with Gasteiger partial charge >= 0.3 is 5.97 Å². The Labute approximate surface area is 160 Å². The number of carboxylic acid groups (broad SMARTS) is 1. The van der Waals surface area contributed by atoms with Gasteiger partial charge in [0.05, 0.1) is 13.4 Å². The van der Waals surface area contributed by atoms with Gasteiger partial charge in [-0.3, -0.25) is 0 Å². The highest BCUT2D eigenvalue weighted by molar-refractivity contribution is 6.31. The van der Waals surface area contributed by atoms with Crippen molar-refractivity contribution >= 4 is 17.6 Å². The molecule has 0 amide bonds. The summed E-state index contributed by atoms with van der Waals surface area (Å²) in [4.78, 5) is 11.4. The van der Waals surface area contributed by atoms with Crippen LogP contribution in [0.4, 0.5) is 0 Å². The zero-order chi connectivity index (χ0) is 19.5. The van der Waals surface area contributed by atoms with E-state index in [2.05, 4.69) is 32.2 Å². The van der Waals surface area contributed by atoms with Gasteiger partial charge in [0.15, 0.2) is 0 Å². The summed E-state index contributed by atoms with van der Waals surface area (Å²) in [5, 5.41) is 9.57. The highest BCUT2D eigenvalue weighted by Crippen LogP contribution is 2.20. The van der Waals surface area contributed by atoms with Crippen molar-refractivity contribution in [1.82, 2.24) is 0 Å². The lowest BCUT2D eigenvalue weighted by atomic mass is 9.95. The molecule has 0 saturated carbocycles. The van der Waals surface area contributed by atoms with Gasteiger partial charge in [-0.1, -0.05) is 86.4 Å². The fourth-order valence-corrected chi connectivity index (χ4v) is 2.30. The second kappa shape index (κ2) is 11.0. The number of carboxylic acids is 1. The first kappa shape index (κ1) is 21.3. The van der Waals surface area contributed by atoms with Crippen LogP contribution in [0.1, 0.15) is 6.92 Å². The molecule has 1 atom stereocenters. The van der Waals surface area contributed by atoms with Gasteiger partial charge in [-0.25, -0.2) is 4.79 Å². The molecule has 26 heavy (non-hydrogen) atoms. The third kappa shape index (κ3) is 6.99. The number of halogens is 1. The number of hydrogen-bond donors (Lipinski definition) is 1. The van der Waals surface area contributed by atoms with Crippen LogP contribution in [0, 0.1) is 5.92 Å². The van der Waals surface area contributed by atoms with Gasteiger partial charge in [-0.2, -0.15) is 0 Å². The molecule has 1 rings (SSSR count). The second-order valence-corrected chi connectivity index (χ2v) is 6.01. The minimum Gasteiger partial charge on any atom is -0.503 e. The second-order valence-electron chi connectivity index (χ2n) is 5.52. The number of ether oxygens (including phenoxy) is 1. The van der Waals surface area contributed by atoms with Gasteiger partial charge < -0.3 is 9.84 Å². The Morgan fingerprint density at radius 2 is 2.08 bits per heavy atom. The van der Waals surface area contributed by atoms with Crippen LogP contribution in [0.25, 0.3) is 0 Å². The van der Waals surface area contributed by atoms with E-state index in [0.29, 0.717) is 11.5 Å². The van der Waals surface area contributed by atoms with Crippen LogP contribution in [0.15, 0.2) is 108 Å². The summed E-state index contributed by atoms with van der Waals surface area (Å²) in [5.41, 5.74) is 2.34. The maximum absolute atomic E-state index is 11.4. The monoisotopic (exact) mass is 370 g/mol. The number of carbonyl (C=O) groups is 1. The summed E-state index contributed by atoms with van der Waals surface area (Å²) in [7, 11) is 1.38. The summed E-state index contributed by atoms with van der Waals surface area (Å²) in [6.07, 6.45) is 19.8. The number of rotatable bonds is 8. The molecular formula is C22H23ClO3. The molecule has 1 aliphatic rings. The maximum Gasteiger partial charge on any atom is 0.339 e. The van der Waals surface area contributed by atoms with E-state index in [1.165, 1.54) is 18.8 Å². The number of hydrogen-bond acceptors (Lipinski definition) is 2. The average molecular weight is 371 g/mol. The predicted molar refractivity (Wildman–Crippen MR) is 109 cm³/mol. The Morgan fingerprint density at radius 3 is 2.62 bits per heavy atom. The minimum atomic E-state index is -1.13. The number of methoxy groups -OCH3 is 1. The van der Waals surface area contributed by atoms with Gasteiger partial charge in [-0.15, -0.1) is 0 Å². The molecule has 0 fully saturated rings. The zero-order valence-corrected chi connectivity index (χ0v) is 15.7. The van der Waals surface area contributed by atoms with Gasteiger partial charge in [0, 0.05) is 5.03 Å². The smallest absolute Gasteiger partial charge is 0.339 e. The van der Waals surface area contributed by atoms with Crippen molar-refractivity contribution in [1.29, 1.82) is 0 Å². The molecule has 0 saturated heterocycles. The normalized spacial score (nSPS) is 19.9.